The van der Waals surface area contributed by atoms with Crippen LogP contribution in [0.15, 0.2) is 0 Å². The molecule has 17 heavy (non-hydrogen) atoms. The summed E-state index contributed by atoms with van der Waals surface area (Å²) >= 11 is 0. The minimum absolute atomic E-state index is 0.00899. The number of hydrogen-bond acceptors (Lipinski definition) is 5. The number of carbonyl (C=O) groups excluding carboxylic acids is 2. The van der Waals surface area contributed by atoms with Gasteiger partial charge >= 0.3 is 0 Å². The summed E-state index contributed by atoms with van der Waals surface area (Å²) in [7, 11) is 1.59. The van der Waals surface area contributed by atoms with E-state index in [1.807, 2.05) is 0 Å². The SMILES string of the molecule is COCCN(CCO)CC(=O)N1CCCC1=O. The minimum atomic E-state index is -0.183. The highest BCUT2D eigenvalue weighted by molar-refractivity contribution is 5.97. The first-order chi connectivity index (χ1) is 8.19. The van der Waals surface area contributed by atoms with E-state index >= 15 is 0 Å². The number of aliphatic hydroxyl groups is 1. The topological polar surface area (TPSA) is 70.1 Å². The standard InChI is InChI=1S/C11H20N2O4/c1-17-8-6-12(5-7-14)9-11(16)13-4-2-3-10(13)15/h14H,2-9H2,1H3. The van der Waals surface area contributed by atoms with Gasteiger partial charge in [-0.2, -0.15) is 0 Å². The Morgan fingerprint density at radius 2 is 2.29 bits per heavy atom. The third kappa shape index (κ3) is 4.41. The van der Waals surface area contributed by atoms with Crippen molar-refractivity contribution in [1.29, 1.82) is 0 Å². The summed E-state index contributed by atoms with van der Waals surface area (Å²) in [5, 5.41) is 8.89. The van der Waals surface area contributed by atoms with Crippen molar-refractivity contribution in [3.05, 3.63) is 0 Å². The Kier molecular flexibility index (Phi) is 6.10. The fourth-order valence-electron chi connectivity index (χ4n) is 1.82. The molecule has 1 aliphatic rings. The zero-order chi connectivity index (χ0) is 12.7. The van der Waals surface area contributed by atoms with E-state index in [9.17, 15) is 9.59 Å². The van der Waals surface area contributed by atoms with Crippen LogP contribution < -0.4 is 0 Å². The lowest BCUT2D eigenvalue weighted by Gasteiger charge is -2.22. The Morgan fingerprint density at radius 3 is 2.82 bits per heavy atom. The molecule has 0 aromatic rings. The summed E-state index contributed by atoms with van der Waals surface area (Å²) in [4.78, 5) is 26.3. The molecule has 1 rings (SSSR count). The number of aliphatic hydroxyl groups excluding tert-OH is 1. The zero-order valence-electron chi connectivity index (χ0n) is 10.2. The lowest BCUT2D eigenvalue weighted by Crippen LogP contribution is -2.42. The number of imide groups is 1. The number of rotatable bonds is 7. The van der Waals surface area contributed by atoms with Gasteiger partial charge in [-0.15, -0.1) is 0 Å². The molecule has 0 saturated carbocycles. The van der Waals surface area contributed by atoms with Gasteiger partial charge in [-0.25, -0.2) is 0 Å². The Labute approximate surface area is 101 Å². The van der Waals surface area contributed by atoms with Crippen molar-refractivity contribution >= 4 is 11.8 Å². The molecule has 1 N–H and O–H groups in total. The van der Waals surface area contributed by atoms with E-state index in [2.05, 4.69) is 0 Å². The van der Waals surface area contributed by atoms with Crippen LogP contribution >= 0.6 is 0 Å². The molecule has 1 saturated heterocycles. The van der Waals surface area contributed by atoms with Gasteiger partial charge in [-0.1, -0.05) is 0 Å². The van der Waals surface area contributed by atoms with Crippen molar-refractivity contribution in [2.75, 3.05) is 46.5 Å². The van der Waals surface area contributed by atoms with E-state index in [1.165, 1.54) is 4.90 Å². The van der Waals surface area contributed by atoms with E-state index < -0.39 is 0 Å². The van der Waals surface area contributed by atoms with Crippen LogP contribution in [0.25, 0.3) is 0 Å². The van der Waals surface area contributed by atoms with Gasteiger partial charge < -0.3 is 9.84 Å². The summed E-state index contributed by atoms with van der Waals surface area (Å²) in [6.45, 7) is 2.17. The quantitative estimate of drug-likeness (QED) is 0.627. The van der Waals surface area contributed by atoms with Crippen molar-refractivity contribution in [3.8, 4) is 0 Å². The average molecular weight is 244 g/mol. The van der Waals surface area contributed by atoms with Gasteiger partial charge in [-0.3, -0.25) is 19.4 Å². The molecule has 0 aromatic heterocycles. The first kappa shape index (κ1) is 14.1. The van der Waals surface area contributed by atoms with Crippen molar-refractivity contribution < 1.29 is 19.4 Å². The number of hydrogen-bond donors (Lipinski definition) is 1. The lowest BCUT2D eigenvalue weighted by molar-refractivity contribution is -0.142. The minimum Gasteiger partial charge on any atom is -0.395 e. The molecule has 6 heteroatoms. The molecule has 0 atom stereocenters. The van der Waals surface area contributed by atoms with Crippen LogP contribution in [0.3, 0.4) is 0 Å². The van der Waals surface area contributed by atoms with Crippen molar-refractivity contribution in [2.45, 2.75) is 12.8 Å². The maximum atomic E-state index is 11.8. The van der Waals surface area contributed by atoms with Crippen LogP contribution in [0.2, 0.25) is 0 Å². The maximum absolute atomic E-state index is 11.8. The van der Waals surface area contributed by atoms with E-state index in [-0.39, 0.29) is 25.0 Å². The van der Waals surface area contributed by atoms with E-state index in [1.54, 1.807) is 12.0 Å². The van der Waals surface area contributed by atoms with Crippen molar-refractivity contribution in [1.82, 2.24) is 9.80 Å². The van der Waals surface area contributed by atoms with Gasteiger partial charge in [0.05, 0.1) is 19.8 Å². The molecule has 0 radical (unpaired) electrons. The fraction of sp³-hybridized carbons (Fsp3) is 0.818. The maximum Gasteiger partial charge on any atom is 0.243 e. The van der Waals surface area contributed by atoms with Crippen LogP contribution in [0.1, 0.15) is 12.8 Å². The summed E-state index contributed by atoms with van der Waals surface area (Å²) in [6, 6.07) is 0. The second kappa shape index (κ2) is 7.37. The Bertz CT molecular complexity index is 270. The third-order valence-corrected chi connectivity index (χ3v) is 2.76. The van der Waals surface area contributed by atoms with Gasteiger partial charge in [-0.05, 0) is 6.42 Å². The number of nitrogens with zero attached hydrogens (tertiary/aromatic N) is 2. The van der Waals surface area contributed by atoms with E-state index in [4.69, 9.17) is 9.84 Å². The largest absolute Gasteiger partial charge is 0.395 e. The monoisotopic (exact) mass is 244 g/mol. The molecule has 98 valence electrons. The molecule has 2 amide bonds. The smallest absolute Gasteiger partial charge is 0.243 e. The molecule has 0 aliphatic carbocycles. The predicted octanol–water partition coefficient (Wildman–Crippen LogP) is -0.924. The third-order valence-electron chi connectivity index (χ3n) is 2.76. The molecule has 0 bridgehead atoms. The Balaban J connectivity index is 2.42. The van der Waals surface area contributed by atoms with E-state index in [0.29, 0.717) is 32.7 Å². The Hall–Kier alpha value is -0.980. The zero-order valence-corrected chi connectivity index (χ0v) is 10.2. The van der Waals surface area contributed by atoms with Gasteiger partial charge in [0, 0.05) is 33.2 Å². The average Bonchev–Trinajstić information content (AvgIpc) is 2.72. The van der Waals surface area contributed by atoms with Crippen molar-refractivity contribution in [2.24, 2.45) is 0 Å². The van der Waals surface area contributed by atoms with E-state index in [0.717, 1.165) is 6.42 Å². The van der Waals surface area contributed by atoms with Gasteiger partial charge in [0.25, 0.3) is 0 Å². The van der Waals surface area contributed by atoms with Crippen LogP contribution in [-0.2, 0) is 14.3 Å². The first-order valence-electron chi connectivity index (χ1n) is 5.84. The molecule has 0 unspecified atom stereocenters. The van der Waals surface area contributed by atoms with Crippen LogP contribution in [0, 0.1) is 0 Å². The summed E-state index contributed by atoms with van der Waals surface area (Å²) in [5.41, 5.74) is 0. The Morgan fingerprint density at radius 1 is 1.53 bits per heavy atom. The highest BCUT2D eigenvalue weighted by Crippen LogP contribution is 2.10. The first-order valence-corrected chi connectivity index (χ1v) is 5.84. The molecular formula is C11H20N2O4. The normalized spacial score (nSPS) is 15.9. The number of methoxy groups -OCH3 is 1. The second-order valence-electron chi connectivity index (χ2n) is 4.04. The highest BCUT2D eigenvalue weighted by Gasteiger charge is 2.27. The van der Waals surface area contributed by atoms with Gasteiger partial charge in [0.2, 0.25) is 11.8 Å². The fourth-order valence-corrected chi connectivity index (χ4v) is 1.82. The number of ether oxygens (including phenoxy) is 1. The number of amides is 2. The summed E-state index contributed by atoms with van der Waals surface area (Å²) < 4.78 is 4.93. The van der Waals surface area contributed by atoms with Crippen LogP contribution in [0.4, 0.5) is 0 Å². The molecule has 1 aliphatic heterocycles. The molecule has 6 nitrogen and oxygen atoms in total. The molecular weight excluding hydrogens is 224 g/mol. The van der Waals surface area contributed by atoms with Gasteiger partial charge in [0.15, 0.2) is 0 Å². The highest BCUT2D eigenvalue weighted by atomic mass is 16.5. The molecule has 0 spiro atoms. The number of carbonyl (C=O) groups is 2. The number of likely N-dealkylation sites (tertiary alicyclic amines) is 1. The second-order valence-corrected chi connectivity index (χ2v) is 4.04. The molecule has 1 fully saturated rings. The molecule has 0 aromatic carbocycles. The molecule has 1 heterocycles. The van der Waals surface area contributed by atoms with Crippen LogP contribution in [-0.4, -0.2) is 73.2 Å². The van der Waals surface area contributed by atoms with Crippen molar-refractivity contribution in [3.63, 3.8) is 0 Å². The van der Waals surface area contributed by atoms with Gasteiger partial charge in [0.1, 0.15) is 0 Å². The summed E-state index contributed by atoms with van der Waals surface area (Å²) in [5.74, 6) is -0.275. The van der Waals surface area contributed by atoms with Crippen LogP contribution in [0.5, 0.6) is 0 Å². The summed E-state index contributed by atoms with van der Waals surface area (Å²) in [6.07, 6.45) is 1.21. The predicted molar refractivity (Wildman–Crippen MR) is 61.4 cm³/mol. The lowest BCUT2D eigenvalue weighted by atomic mass is 10.4.